The van der Waals surface area contributed by atoms with Crippen molar-refractivity contribution in [2.45, 2.75) is 51.6 Å². The molecule has 0 fully saturated rings. The van der Waals surface area contributed by atoms with Crippen molar-refractivity contribution in [1.29, 1.82) is 0 Å². The first kappa shape index (κ1) is 14.4. The zero-order valence-electron chi connectivity index (χ0n) is 12.9. The fourth-order valence-corrected chi connectivity index (χ4v) is 3.78. The van der Waals surface area contributed by atoms with Gasteiger partial charge < -0.3 is 11.1 Å². The highest BCUT2D eigenvalue weighted by Crippen LogP contribution is 2.47. The molecule has 0 spiro atoms. The molecule has 0 atom stereocenters. The van der Waals surface area contributed by atoms with E-state index in [1.165, 1.54) is 0 Å². The third kappa shape index (κ3) is 2.77. The quantitative estimate of drug-likeness (QED) is 0.824. The lowest BCUT2D eigenvalue weighted by molar-refractivity contribution is -0.429. The molecular formula is C15H22N5S+. The average Bonchev–Trinajstić information content (AvgIpc) is 2.36. The SMILES string of the molecule is CC(C)Nc1nc[nH+]c2c1N=C1CC(C)(C)CC(N)=C1S2. The summed E-state index contributed by atoms with van der Waals surface area (Å²) in [5.74, 6) is 0.833. The van der Waals surface area contributed by atoms with Crippen LogP contribution in [0.25, 0.3) is 0 Å². The van der Waals surface area contributed by atoms with Gasteiger partial charge in [-0.2, -0.15) is 0 Å². The molecule has 0 saturated heterocycles. The highest BCUT2D eigenvalue weighted by Gasteiger charge is 2.35. The number of rotatable bonds is 2. The Bertz CT molecular complexity index is 645. The summed E-state index contributed by atoms with van der Waals surface area (Å²) in [5, 5.41) is 4.37. The molecule has 2 heterocycles. The van der Waals surface area contributed by atoms with Crippen LogP contribution in [0.3, 0.4) is 0 Å². The largest absolute Gasteiger partial charge is 0.401 e. The summed E-state index contributed by atoms with van der Waals surface area (Å²) in [7, 11) is 0. The van der Waals surface area contributed by atoms with Gasteiger partial charge in [-0.1, -0.05) is 13.8 Å². The molecule has 6 heteroatoms. The predicted molar refractivity (Wildman–Crippen MR) is 86.7 cm³/mol. The molecule has 1 aromatic rings. The molecule has 1 aromatic heterocycles. The number of nitrogens with two attached hydrogens (primary N) is 1. The summed E-state index contributed by atoms with van der Waals surface area (Å²) in [4.78, 5) is 13.6. The molecule has 4 N–H and O–H groups in total. The van der Waals surface area contributed by atoms with Crippen LogP contribution in [0.5, 0.6) is 0 Å². The molecule has 0 unspecified atom stereocenters. The van der Waals surface area contributed by atoms with Crippen LogP contribution >= 0.6 is 11.8 Å². The van der Waals surface area contributed by atoms with Gasteiger partial charge in [-0.15, -0.1) is 0 Å². The van der Waals surface area contributed by atoms with Gasteiger partial charge in [-0.25, -0.2) is 9.98 Å². The third-order valence-corrected chi connectivity index (χ3v) is 4.79. The number of nitrogens with zero attached hydrogens (tertiary/aromatic N) is 2. The fraction of sp³-hybridized carbons (Fsp3) is 0.533. The highest BCUT2D eigenvalue weighted by molar-refractivity contribution is 8.04. The van der Waals surface area contributed by atoms with E-state index >= 15 is 0 Å². The van der Waals surface area contributed by atoms with Crippen molar-refractivity contribution in [3.63, 3.8) is 0 Å². The smallest absolute Gasteiger partial charge is 0.287 e. The van der Waals surface area contributed by atoms with E-state index in [9.17, 15) is 0 Å². The molecule has 21 heavy (non-hydrogen) atoms. The number of aromatic amines is 1. The maximum absolute atomic E-state index is 6.27. The van der Waals surface area contributed by atoms with Crippen molar-refractivity contribution in [3.8, 4) is 0 Å². The maximum atomic E-state index is 6.27. The Kier molecular flexibility index (Phi) is 3.43. The molecule has 3 rings (SSSR count). The number of aromatic nitrogens is 2. The number of nitrogens with one attached hydrogen (secondary N) is 2. The summed E-state index contributed by atoms with van der Waals surface area (Å²) in [6.07, 6.45) is 3.58. The van der Waals surface area contributed by atoms with Crippen molar-refractivity contribution in [1.82, 2.24) is 4.98 Å². The Morgan fingerprint density at radius 3 is 2.86 bits per heavy atom. The Hall–Kier alpha value is -1.56. The van der Waals surface area contributed by atoms with Gasteiger partial charge in [0, 0.05) is 11.7 Å². The maximum Gasteiger partial charge on any atom is 0.287 e. The van der Waals surface area contributed by atoms with Crippen molar-refractivity contribution < 1.29 is 4.98 Å². The summed E-state index contributed by atoms with van der Waals surface area (Å²) in [5.41, 5.74) is 9.39. The van der Waals surface area contributed by atoms with Gasteiger partial charge in [-0.3, -0.25) is 0 Å². The van der Waals surface area contributed by atoms with E-state index in [2.05, 4.69) is 43.0 Å². The van der Waals surface area contributed by atoms with Gasteiger partial charge >= 0.3 is 0 Å². The van der Waals surface area contributed by atoms with Gasteiger partial charge in [0.2, 0.25) is 0 Å². The highest BCUT2D eigenvalue weighted by atomic mass is 32.2. The lowest BCUT2D eigenvalue weighted by atomic mass is 9.78. The molecule has 112 valence electrons. The molecule has 5 nitrogen and oxygen atoms in total. The van der Waals surface area contributed by atoms with Crippen LogP contribution in [-0.2, 0) is 0 Å². The van der Waals surface area contributed by atoms with Crippen molar-refractivity contribution in [2.24, 2.45) is 16.1 Å². The van der Waals surface area contributed by atoms with Gasteiger partial charge in [0.1, 0.15) is 0 Å². The third-order valence-electron chi connectivity index (χ3n) is 3.57. The fourth-order valence-electron chi connectivity index (χ4n) is 2.78. The standard InChI is InChI=1S/C15H21N5S/c1-8(2)19-13-11-14(18-7-17-13)21-12-9(16)5-15(3,4)6-10(12)20-11/h7-8H,5-6,16H2,1-4H3,(H,17,18,19)/p+1. The first-order chi connectivity index (χ1) is 9.85. The molecule has 1 aliphatic carbocycles. The van der Waals surface area contributed by atoms with E-state index in [0.717, 1.165) is 45.7 Å². The van der Waals surface area contributed by atoms with E-state index < -0.39 is 0 Å². The van der Waals surface area contributed by atoms with E-state index in [4.69, 9.17) is 10.7 Å². The minimum atomic E-state index is 0.169. The van der Waals surface area contributed by atoms with Crippen molar-refractivity contribution in [2.75, 3.05) is 5.32 Å². The Balaban J connectivity index is 2.08. The Morgan fingerprint density at radius 1 is 1.38 bits per heavy atom. The van der Waals surface area contributed by atoms with Crippen LogP contribution in [0.2, 0.25) is 0 Å². The first-order valence-corrected chi connectivity index (χ1v) is 8.09. The number of anilines is 1. The van der Waals surface area contributed by atoms with Crippen LogP contribution in [0.1, 0.15) is 40.5 Å². The van der Waals surface area contributed by atoms with E-state index in [1.807, 2.05) is 0 Å². The molecule has 0 aromatic carbocycles. The average molecular weight is 304 g/mol. The van der Waals surface area contributed by atoms with E-state index in [1.54, 1.807) is 18.1 Å². The molecule has 0 bridgehead atoms. The summed E-state index contributed by atoms with van der Waals surface area (Å²) in [6.45, 7) is 8.67. The second-order valence-corrected chi connectivity index (χ2v) is 7.78. The second kappa shape index (κ2) is 5.02. The van der Waals surface area contributed by atoms with Crippen LogP contribution < -0.4 is 16.0 Å². The van der Waals surface area contributed by atoms with Gasteiger partial charge in [0.15, 0.2) is 10.7 Å². The lowest BCUT2D eigenvalue weighted by Gasteiger charge is -2.33. The molecule has 0 radical (unpaired) electrons. The van der Waals surface area contributed by atoms with Crippen LogP contribution in [0.4, 0.5) is 11.5 Å². The number of aliphatic imine (C=N–C) groups is 1. The Labute approximate surface area is 129 Å². The van der Waals surface area contributed by atoms with Gasteiger partial charge in [0.05, 0.1) is 10.6 Å². The topological polar surface area (TPSA) is 77.4 Å². The van der Waals surface area contributed by atoms with E-state index in [0.29, 0.717) is 6.04 Å². The summed E-state index contributed by atoms with van der Waals surface area (Å²) in [6, 6.07) is 0.319. The molecule has 0 amide bonds. The minimum absolute atomic E-state index is 0.169. The zero-order valence-corrected chi connectivity index (χ0v) is 13.8. The number of allylic oxidation sites excluding steroid dienone is 2. The van der Waals surface area contributed by atoms with Crippen LogP contribution in [0.15, 0.2) is 26.9 Å². The number of hydrogen-bond acceptors (Lipinski definition) is 5. The number of thioether (sulfide) groups is 1. The van der Waals surface area contributed by atoms with Gasteiger partial charge in [0.25, 0.3) is 12.1 Å². The van der Waals surface area contributed by atoms with Crippen LogP contribution in [0, 0.1) is 5.41 Å². The number of fused-ring (bicyclic) bond motifs is 2. The summed E-state index contributed by atoms with van der Waals surface area (Å²) >= 11 is 1.68. The normalized spacial score (nSPS) is 20.0. The molecule has 0 saturated carbocycles. The predicted octanol–water partition coefficient (Wildman–Crippen LogP) is 2.88. The summed E-state index contributed by atoms with van der Waals surface area (Å²) < 4.78 is 0. The lowest BCUT2D eigenvalue weighted by Crippen LogP contribution is -2.29. The van der Waals surface area contributed by atoms with E-state index in [-0.39, 0.29) is 5.41 Å². The molecular weight excluding hydrogens is 282 g/mol. The molecule has 2 aliphatic rings. The van der Waals surface area contributed by atoms with Crippen molar-refractivity contribution in [3.05, 3.63) is 16.9 Å². The monoisotopic (exact) mass is 304 g/mol. The minimum Gasteiger partial charge on any atom is -0.401 e. The number of H-pyrrole nitrogens is 1. The number of hydrogen-bond donors (Lipinski definition) is 2. The zero-order chi connectivity index (χ0) is 15.2. The second-order valence-electron chi connectivity index (χ2n) is 6.76. The van der Waals surface area contributed by atoms with Gasteiger partial charge in [-0.05, 0) is 48.8 Å². The Morgan fingerprint density at radius 2 is 2.14 bits per heavy atom. The molecule has 1 aliphatic heterocycles. The first-order valence-electron chi connectivity index (χ1n) is 7.27. The van der Waals surface area contributed by atoms with Crippen molar-refractivity contribution >= 4 is 29.0 Å². The van der Waals surface area contributed by atoms with Crippen LogP contribution in [-0.4, -0.2) is 16.7 Å².